The number of carbonyl (C=O) groups is 1. The van der Waals surface area contributed by atoms with Crippen LogP contribution in [0.3, 0.4) is 0 Å². The van der Waals surface area contributed by atoms with Gasteiger partial charge < -0.3 is 14.4 Å². The molecule has 1 amide bonds. The summed E-state index contributed by atoms with van der Waals surface area (Å²) in [5.74, 6) is -0.141. The van der Waals surface area contributed by atoms with Crippen LogP contribution in [0.25, 0.3) is 0 Å². The summed E-state index contributed by atoms with van der Waals surface area (Å²) >= 11 is 0. The number of likely N-dealkylation sites (tertiary alicyclic amines) is 1. The number of amides is 1. The Morgan fingerprint density at radius 1 is 1.67 bits per heavy atom. The van der Waals surface area contributed by atoms with Crippen LogP contribution in [0.5, 0.6) is 0 Å². The Bertz CT molecular complexity index is 262. The largest absolute Gasteiger partial charge is 0.382 e. The molecule has 0 N–H and O–H groups in total. The Hall–Kier alpha value is -1.12. The Morgan fingerprint density at radius 2 is 2.40 bits per heavy atom. The summed E-state index contributed by atoms with van der Waals surface area (Å²) in [4.78, 5) is 13.1. The monoisotopic (exact) mass is 212 g/mol. The van der Waals surface area contributed by atoms with E-state index in [1.807, 2.05) is 0 Å². The molecular formula is C10H16N2O3. The fourth-order valence-corrected chi connectivity index (χ4v) is 1.66. The summed E-state index contributed by atoms with van der Waals surface area (Å²) < 4.78 is 10.1. The number of rotatable bonds is 5. The average Bonchev–Trinajstić information content (AvgIpc) is 2.59. The molecule has 5 heteroatoms. The van der Waals surface area contributed by atoms with Gasteiger partial charge in [-0.05, 0) is 0 Å². The van der Waals surface area contributed by atoms with Crippen molar-refractivity contribution < 1.29 is 14.3 Å². The molecular weight excluding hydrogens is 196 g/mol. The van der Waals surface area contributed by atoms with Crippen molar-refractivity contribution in [2.75, 3.05) is 33.9 Å². The van der Waals surface area contributed by atoms with Gasteiger partial charge in [0.05, 0.1) is 24.7 Å². The highest BCUT2D eigenvalue weighted by atomic mass is 16.5. The SMILES string of the molecule is COCC(CN1CC(C#N)CC1=O)OC. The standard InChI is InChI=1S/C10H16N2O3/c1-14-7-9(15-2)6-12-5-8(4-11)3-10(12)13/h8-9H,3,5-7H2,1-2H3. The lowest BCUT2D eigenvalue weighted by atomic mass is 10.1. The third-order valence-electron chi connectivity index (χ3n) is 2.51. The third-order valence-corrected chi connectivity index (χ3v) is 2.51. The van der Waals surface area contributed by atoms with Crippen LogP contribution >= 0.6 is 0 Å². The van der Waals surface area contributed by atoms with Crippen molar-refractivity contribution in [3.8, 4) is 6.07 Å². The first-order chi connectivity index (χ1) is 7.21. The molecule has 1 aliphatic rings. The first-order valence-corrected chi connectivity index (χ1v) is 4.90. The third kappa shape index (κ3) is 3.18. The second-order valence-corrected chi connectivity index (χ2v) is 3.64. The zero-order valence-corrected chi connectivity index (χ0v) is 9.10. The van der Waals surface area contributed by atoms with Gasteiger partial charge in [-0.2, -0.15) is 5.26 Å². The maximum Gasteiger partial charge on any atom is 0.224 e. The van der Waals surface area contributed by atoms with Crippen molar-refractivity contribution in [2.24, 2.45) is 5.92 Å². The fourth-order valence-electron chi connectivity index (χ4n) is 1.66. The quantitative estimate of drug-likeness (QED) is 0.644. The van der Waals surface area contributed by atoms with Gasteiger partial charge in [-0.15, -0.1) is 0 Å². The molecule has 0 spiro atoms. The first kappa shape index (κ1) is 12.0. The normalized spacial score (nSPS) is 22.9. The van der Waals surface area contributed by atoms with E-state index in [1.54, 1.807) is 19.1 Å². The lowest BCUT2D eigenvalue weighted by molar-refractivity contribution is -0.129. The van der Waals surface area contributed by atoms with E-state index in [9.17, 15) is 4.79 Å². The highest BCUT2D eigenvalue weighted by molar-refractivity contribution is 5.79. The minimum atomic E-state index is -0.169. The number of hydrogen-bond acceptors (Lipinski definition) is 4. The Labute approximate surface area is 89.6 Å². The van der Waals surface area contributed by atoms with Gasteiger partial charge in [0.2, 0.25) is 5.91 Å². The van der Waals surface area contributed by atoms with Crippen LogP contribution in [-0.4, -0.2) is 50.8 Å². The van der Waals surface area contributed by atoms with E-state index in [2.05, 4.69) is 6.07 Å². The number of ether oxygens (including phenoxy) is 2. The van der Waals surface area contributed by atoms with Gasteiger partial charge >= 0.3 is 0 Å². The first-order valence-electron chi connectivity index (χ1n) is 4.90. The minimum absolute atomic E-state index is 0.0275. The van der Waals surface area contributed by atoms with E-state index in [4.69, 9.17) is 14.7 Å². The van der Waals surface area contributed by atoms with Crippen molar-refractivity contribution in [3.05, 3.63) is 0 Å². The summed E-state index contributed by atoms with van der Waals surface area (Å²) in [5, 5.41) is 8.71. The smallest absolute Gasteiger partial charge is 0.224 e. The Morgan fingerprint density at radius 3 is 2.87 bits per heavy atom. The topological polar surface area (TPSA) is 62.6 Å². The second kappa shape index (κ2) is 5.69. The number of carbonyl (C=O) groups excluding carboxylic acids is 1. The molecule has 2 atom stereocenters. The molecule has 0 radical (unpaired) electrons. The van der Waals surface area contributed by atoms with E-state index in [-0.39, 0.29) is 17.9 Å². The van der Waals surface area contributed by atoms with Gasteiger partial charge in [-0.25, -0.2) is 0 Å². The molecule has 1 aliphatic heterocycles. The van der Waals surface area contributed by atoms with Crippen molar-refractivity contribution in [3.63, 3.8) is 0 Å². The molecule has 1 heterocycles. The van der Waals surface area contributed by atoms with E-state index in [0.717, 1.165) is 0 Å². The zero-order valence-electron chi connectivity index (χ0n) is 9.10. The van der Waals surface area contributed by atoms with Gasteiger partial charge in [0.15, 0.2) is 0 Å². The molecule has 2 unspecified atom stereocenters. The maximum absolute atomic E-state index is 11.5. The summed E-state index contributed by atoms with van der Waals surface area (Å²) in [5.41, 5.74) is 0. The molecule has 0 aromatic heterocycles. The maximum atomic E-state index is 11.5. The van der Waals surface area contributed by atoms with Gasteiger partial charge in [0, 0.05) is 33.7 Å². The molecule has 84 valence electrons. The summed E-state index contributed by atoms with van der Waals surface area (Å²) in [7, 11) is 3.18. The van der Waals surface area contributed by atoms with E-state index >= 15 is 0 Å². The van der Waals surface area contributed by atoms with Crippen LogP contribution in [0.1, 0.15) is 6.42 Å². The molecule has 0 aromatic carbocycles. The van der Waals surface area contributed by atoms with Gasteiger partial charge in [-0.3, -0.25) is 4.79 Å². The van der Waals surface area contributed by atoms with Crippen molar-refractivity contribution in [1.29, 1.82) is 5.26 Å². The lowest BCUT2D eigenvalue weighted by Gasteiger charge is -2.22. The van der Waals surface area contributed by atoms with Crippen LogP contribution in [0.4, 0.5) is 0 Å². The molecule has 1 saturated heterocycles. The van der Waals surface area contributed by atoms with Crippen LogP contribution < -0.4 is 0 Å². The zero-order chi connectivity index (χ0) is 11.3. The Kier molecular flexibility index (Phi) is 4.53. The number of hydrogen-bond donors (Lipinski definition) is 0. The van der Waals surface area contributed by atoms with Crippen LogP contribution in [-0.2, 0) is 14.3 Å². The summed E-state index contributed by atoms with van der Waals surface area (Å²) in [6.07, 6.45) is 0.219. The van der Waals surface area contributed by atoms with Crippen LogP contribution in [0, 0.1) is 17.2 Å². The summed E-state index contributed by atoms with van der Waals surface area (Å²) in [6, 6.07) is 2.11. The van der Waals surface area contributed by atoms with Crippen LogP contribution in [0.15, 0.2) is 0 Å². The lowest BCUT2D eigenvalue weighted by Crippen LogP contribution is -2.36. The fraction of sp³-hybridized carbons (Fsp3) is 0.800. The molecule has 0 aromatic rings. The summed E-state index contributed by atoms with van der Waals surface area (Å²) in [6.45, 7) is 1.47. The van der Waals surface area contributed by atoms with Gasteiger partial charge in [-0.1, -0.05) is 0 Å². The van der Waals surface area contributed by atoms with Crippen molar-refractivity contribution in [2.45, 2.75) is 12.5 Å². The molecule has 0 bridgehead atoms. The minimum Gasteiger partial charge on any atom is -0.382 e. The van der Waals surface area contributed by atoms with E-state index < -0.39 is 0 Å². The predicted octanol–water partition coefficient (Wildman–Crippen LogP) is 0.0199. The van der Waals surface area contributed by atoms with Crippen LogP contribution in [0.2, 0.25) is 0 Å². The average molecular weight is 212 g/mol. The van der Waals surface area contributed by atoms with E-state index in [0.29, 0.717) is 26.1 Å². The molecule has 15 heavy (non-hydrogen) atoms. The number of nitriles is 1. The van der Waals surface area contributed by atoms with Gasteiger partial charge in [0.25, 0.3) is 0 Å². The van der Waals surface area contributed by atoms with Crippen molar-refractivity contribution >= 4 is 5.91 Å². The number of nitrogens with zero attached hydrogens (tertiary/aromatic N) is 2. The second-order valence-electron chi connectivity index (χ2n) is 3.64. The van der Waals surface area contributed by atoms with Crippen molar-refractivity contribution in [1.82, 2.24) is 4.90 Å². The van der Waals surface area contributed by atoms with Gasteiger partial charge in [0.1, 0.15) is 0 Å². The molecule has 1 fully saturated rings. The highest BCUT2D eigenvalue weighted by Crippen LogP contribution is 2.17. The predicted molar refractivity (Wildman–Crippen MR) is 53.0 cm³/mol. The number of methoxy groups -OCH3 is 2. The Balaban J connectivity index is 2.44. The molecule has 1 rings (SSSR count). The van der Waals surface area contributed by atoms with E-state index in [1.165, 1.54) is 0 Å². The molecule has 0 aliphatic carbocycles. The highest BCUT2D eigenvalue weighted by Gasteiger charge is 2.30. The molecule has 5 nitrogen and oxygen atoms in total. The molecule has 0 saturated carbocycles.